The van der Waals surface area contributed by atoms with Crippen molar-refractivity contribution in [1.29, 1.82) is 0 Å². The number of carbonyl (C=O) groups is 1. The van der Waals surface area contributed by atoms with Gasteiger partial charge in [0.2, 0.25) is 17.9 Å². The molecule has 1 aliphatic heterocycles. The van der Waals surface area contributed by atoms with E-state index in [-0.39, 0.29) is 34.5 Å². The van der Waals surface area contributed by atoms with Crippen molar-refractivity contribution in [3.05, 3.63) is 47.6 Å². The van der Waals surface area contributed by atoms with E-state index in [1.165, 1.54) is 11.0 Å². The predicted octanol–water partition coefficient (Wildman–Crippen LogP) is 3.96. The number of fused-ring (bicyclic) bond motifs is 1. The molecule has 3 N–H and O–H groups in total. The number of nitrogens with two attached hydrogens (primary N) is 1. The Bertz CT molecular complexity index is 1650. The van der Waals surface area contributed by atoms with Crippen LogP contribution >= 0.6 is 0 Å². The maximum Gasteiger partial charge on any atom is 0.423 e. The summed E-state index contributed by atoms with van der Waals surface area (Å²) in [6.45, 7) is 5.55. The number of aliphatic hydroxyl groups is 1. The molecule has 1 saturated carbocycles. The first-order chi connectivity index (χ1) is 20.6. The molecule has 0 unspecified atom stereocenters. The van der Waals surface area contributed by atoms with Gasteiger partial charge in [-0.15, -0.1) is 10.2 Å². The quantitative estimate of drug-likeness (QED) is 0.389. The van der Waals surface area contributed by atoms with Gasteiger partial charge in [-0.25, -0.2) is 22.8 Å². The van der Waals surface area contributed by atoms with Gasteiger partial charge in [-0.05, 0) is 25.0 Å². The lowest BCUT2D eigenvalue weighted by molar-refractivity contribution is -0.308. The van der Waals surface area contributed by atoms with Crippen LogP contribution < -0.4 is 10.6 Å². The molecule has 3 heterocycles. The second-order valence-electron chi connectivity index (χ2n) is 11.5. The number of sulfone groups is 1. The fraction of sp³-hybridized carbons (Fsp3) is 0.500. The van der Waals surface area contributed by atoms with Crippen LogP contribution in [-0.2, 0) is 26.6 Å². The lowest BCUT2D eigenvalue weighted by atomic mass is 9.97. The van der Waals surface area contributed by atoms with E-state index in [9.17, 15) is 39.6 Å². The predicted molar refractivity (Wildman–Crippen MR) is 142 cm³/mol. The van der Waals surface area contributed by atoms with E-state index in [2.05, 4.69) is 20.2 Å². The number of halogens is 7. The van der Waals surface area contributed by atoms with Crippen LogP contribution in [0.5, 0.6) is 0 Å². The first-order valence-electron chi connectivity index (χ1n) is 13.2. The van der Waals surface area contributed by atoms with Crippen molar-refractivity contribution >= 4 is 21.4 Å². The third-order valence-corrected chi connectivity index (χ3v) is 8.38. The normalized spacial score (nSPS) is 18.7. The molecule has 1 atom stereocenters. The Morgan fingerprint density at radius 1 is 1.04 bits per heavy atom. The molecular weight excluding hydrogens is 641 g/mol. The SMILES string of the molecule is CC(C)(C)c1nnc(-c2cc3c(cc2F)S(=O)(=O)C[C@H](N)C(=O)N3Cc2cnc(C3CC3)nc2)o1.OC(C(F)(F)F)C(F)(F)F. The van der Waals surface area contributed by atoms with E-state index in [1.807, 2.05) is 20.8 Å². The summed E-state index contributed by atoms with van der Waals surface area (Å²) in [5, 5.41) is 15.4. The number of anilines is 1. The second kappa shape index (κ2) is 11.9. The topological polar surface area (TPSA) is 165 Å². The van der Waals surface area contributed by atoms with Gasteiger partial charge in [-0.2, -0.15) is 26.3 Å². The van der Waals surface area contributed by atoms with Crippen molar-refractivity contribution in [1.82, 2.24) is 20.2 Å². The smallest absolute Gasteiger partial charge is 0.420 e. The molecule has 11 nitrogen and oxygen atoms in total. The number of aliphatic hydroxyl groups excluding tert-OH is 1. The molecule has 3 aromatic rings. The molecule has 5 rings (SSSR count). The molecule has 0 spiro atoms. The first kappa shape index (κ1) is 34.2. The molecule has 1 amide bonds. The molecule has 0 bridgehead atoms. The standard InChI is InChI=1S/C23H25FN6O4S.C3H2F6O/c1-23(2,3)22-29-28-20(34-22)14-6-17-18(7-15(14)24)35(32,33)11-16(25)21(31)30(17)10-12-8-26-19(27-9-12)13-4-5-13;4-2(5,6)1(10)3(7,8)9/h6-9,13,16H,4-5,10-11,25H2,1-3H3;1,10H/t16-;/m0./s1. The minimum atomic E-state index is -5.63. The minimum absolute atomic E-state index is 0.0128. The van der Waals surface area contributed by atoms with Crippen LogP contribution in [0.25, 0.3) is 11.5 Å². The Balaban J connectivity index is 0.000000399. The summed E-state index contributed by atoms with van der Waals surface area (Å²) in [4.78, 5) is 22.8. The molecule has 19 heteroatoms. The van der Waals surface area contributed by atoms with Crippen LogP contribution in [-0.4, -0.2) is 69.8 Å². The molecule has 0 saturated heterocycles. The molecule has 1 aromatic carbocycles. The van der Waals surface area contributed by atoms with Crippen LogP contribution in [0.2, 0.25) is 0 Å². The Labute approximate surface area is 251 Å². The summed E-state index contributed by atoms with van der Waals surface area (Å²) in [7, 11) is -4.06. The monoisotopic (exact) mass is 668 g/mol. The summed E-state index contributed by atoms with van der Waals surface area (Å²) < 4.78 is 113. The van der Waals surface area contributed by atoms with Crippen LogP contribution in [0, 0.1) is 5.82 Å². The summed E-state index contributed by atoms with van der Waals surface area (Å²) >= 11 is 0. The highest BCUT2D eigenvalue weighted by molar-refractivity contribution is 7.91. The number of amides is 1. The van der Waals surface area contributed by atoms with Gasteiger partial charge >= 0.3 is 12.4 Å². The van der Waals surface area contributed by atoms with Crippen LogP contribution in [0.4, 0.5) is 36.4 Å². The van der Waals surface area contributed by atoms with Gasteiger partial charge in [0, 0.05) is 29.3 Å². The van der Waals surface area contributed by atoms with Gasteiger partial charge in [0.1, 0.15) is 11.6 Å². The zero-order valence-corrected chi connectivity index (χ0v) is 24.6. The van der Waals surface area contributed by atoms with E-state index in [4.69, 9.17) is 15.3 Å². The maximum atomic E-state index is 15.2. The van der Waals surface area contributed by atoms with Crippen molar-refractivity contribution in [3.8, 4) is 11.5 Å². The highest BCUT2D eigenvalue weighted by Gasteiger charge is 2.55. The fourth-order valence-corrected chi connectivity index (χ4v) is 5.61. The average Bonchev–Trinajstić information content (AvgIpc) is 3.65. The maximum absolute atomic E-state index is 15.2. The van der Waals surface area contributed by atoms with E-state index in [0.717, 1.165) is 24.7 Å². The van der Waals surface area contributed by atoms with Crippen LogP contribution in [0.3, 0.4) is 0 Å². The summed E-state index contributed by atoms with van der Waals surface area (Å²) in [6.07, 6.45) is -10.2. The summed E-state index contributed by atoms with van der Waals surface area (Å²) in [6, 6.07) is 0.810. The molecule has 2 aliphatic rings. The Morgan fingerprint density at radius 3 is 2.09 bits per heavy atom. The van der Waals surface area contributed by atoms with E-state index in [0.29, 0.717) is 11.5 Å². The fourth-order valence-electron chi connectivity index (χ4n) is 4.05. The summed E-state index contributed by atoms with van der Waals surface area (Å²) in [5.74, 6) is -0.844. The summed E-state index contributed by atoms with van der Waals surface area (Å²) in [5.41, 5.74) is 5.93. The lowest BCUT2D eigenvalue weighted by Gasteiger charge is -2.24. The number of carbonyl (C=O) groups excluding carboxylic acids is 1. The van der Waals surface area contributed by atoms with Crippen molar-refractivity contribution in [3.63, 3.8) is 0 Å². The number of nitrogens with zero attached hydrogens (tertiary/aromatic N) is 5. The third kappa shape index (κ3) is 7.75. The third-order valence-electron chi connectivity index (χ3n) is 6.58. The van der Waals surface area contributed by atoms with Crippen LogP contribution in [0.15, 0.2) is 33.8 Å². The molecule has 246 valence electrons. The molecule has 1 fully saturated rings. The van der Waals surface area contributed by atoms with Crippen molar-refractivity contribution in [2.45, 2.75) is 80.9 Å². The van der Waals surface area contributed by atoms with Gasteiger partial charge in [-0.1, -0.05) is 20.8 Å². The van der Waals surface area contributed by atoms with Gasteiger partial charge in [-0.3, -0.25) is 4.79 Å². The van der Waals surface area contributed by atoms with Gasteiger partial charge in [0.15, 0.2) is 9.84 Å². The zero-order valence-electron chi connectivity index (χ0n) is 23.8. The van der Waals surface area contributed by atoms with Crippen molar-refractivity contribution in [2.24, 2.45) is 5.73 Å². The lowest BCUT2D eigenvalue weighted by Crippen LogP contribution is -2.45. The number of alkyl halides is 6. The Morgan fingerprint density at radius 2 is 1.62 bits per heavy atom. The molecular formula is C26H27F7N6O5S. The van der Waals surface area contributed by atoms with E-state index in [1.54, 1.807) is 12.4 Å². The largest absolute Gasteiger partial charge is 0.423 e. The van der Waals surface area contributed by atoms with Gasteiger partial charge in [0.25, 0.3) is 5.89 Å². The zero-order chi connectivity index (χ0) is 33.7. The molecule has 2 aromatic heterocycles. The van der Waals surface area contributed by atoms with Gasteiger partial charge < -0.3 is 20.2 Å². The van der Waals surface area contributed by atoms with Crippen molar-refractivity contribution in [2.75, 3.05) is 10.7 Å². The number of rotatable bonds is 4. The number of benzene rings is 1. The van der Waals surface area contributed by atoms with Crippen LogP contribution in [0.1, 0.15) is 56.8 Å². The highest BCUT2D eigenvalue weighted by Crippen LogP contribution is 2.39. The first-order valence-corrected chi connectivity index (χ1v) is 14.8. The molecule has 0 radical (unpaired) electrons. The number of hydrogen-bond donors (Lipinski definition) is 2. The van der Waals surface area contributed by atoms with Crippen molar-refractivity contribution < 1.29 is 53.5 Å². The average molecular weight is 669 g/mol. The second-order valence-corrected chi connectivity index (χ2v) is 13.5. The van der Waals surface area contributed by atoms with E-state index < -0.39 is 57.2 Å². The molecule has 45 heavy (non-hydrogen) atoms. The van der Waals surface area contributed by atoms with E-state index >= 15 is 4.39 Å². The number of aromatic nitrogens is 4. The highest BCUT2D eigenvalue weighted by atomic mass is 32.2. The Hall–Kier alpha value is -3.71. The number of hydrogen-bond acceptors (Lipinski definition) is 10. The Kier molecular flexibility index (Phi) is 9.04. The van der Waals surface area contributed by atoms with Gasteiger partial charge in [0.05, 0.1) is 34.5 Å². The molecule has 1 aliphatic carbocycles. The minimum Gasteiger partial charge on any atom is -0.420 e.